The van der Waals surface area contributed by atoms with E-state index in [4.69, 9.17) is 13.9 Å². The lowest BCUT2D eigenvalue weighted by Gasteiger charge is -2.43. The van der Waals surface area contributed by atoms with E-state index in [0.717, 1.165) is 34.6 Å². The van der Waals surface area contributed by atoms with Crippen LogP contribution < -0.4 is 14.8 Å². The summed E-state index contributed by atoms with van der Waals surface area (Å²) in [6.45, 7) is 15.1. The minimum absolute atomic E-state index is 0.156. The lowest BCUT2D eigenvalue weighted by atomic mass is 10.1. The van der Waals surface area contributed by atoms with Crippen LogP contribution in [0.4, 0.5) is 0 Å². The maximum atomic E-state index is 11.6. The summed E-state index contributed by atoms with van der Waals surface area (Å²) in [4.78, 5) is 11.6. The summed E-state index contributed by atoms with van der Waals surface area (Å²) in [5, 5.41) is 3.01. The summed E-state index contributed by atoms with van der Waals surface area (Å²) in [6, 6.07) is 26.1. The minimum atomic E-state index is -2.06. The minimum Gasteiger partial charge on any atom is -0.489 e. The molecule has 5 nitrogen and oxygen atoms in total. The van der Waals surface area contributed by atoms with Crippen LogP contribution in [0.5, 0.6) is 11.5 Å². The molecule has 0 bridgehead atoms. The van der Waals surface area contributed by atoms with Crippen LogP contribution >= 0.6 is 0 Å². The van der Waals surface area contributed by atoms with Gasteiger partial charge in [0.25, 0.3) is 0 Å². The van der Waals surface area contributed by atoms with Crippen molar-refractivity contribution < 1.29 is 18.7 Å². The van der Waals surface area contributed by atoms with Crippen molar-refractivity contribution in [2.45, 2.75) is 83.8 Å². The highest BCUT2D eigenvalue weighted by Gasteiger charge is 2.45. The monoisotopic (exact) mass is 547 g/mol. The lowest BCUT2D eigenvalue weighted by molar-refractivity contribution is -0.110. The molecule has 0 unspecified atom stereocenters. The van der Waals surface area contributed by atoms with Gasteiger partial charge in [-0.15, -0.1) is 0 Å². The molecule has 210 valence electrons. The van der Waals surface area contributed by atoms with Crippen molar-refractivity contribution in [3.8, 4) is 11.5 Å². The van der Waals surface area contributed by atoms with E-state index in [0.29, 0.717) is 42.9 Å². The van der Waals surface area contributed by atoms with Gasteiger partial charge in [0.2, 0.25) is 6.41 Å². The molecule has 0 aromatic heterocycles. The van der Waals surface area contributed by atoms with Gasteiger partial charge in [0.05, 0.1) is 12.6 Å². The summed E-state index contributed by atoms with van der Waals surface area (Å²) in [6.07, 6.45) is 1.39. The van der Waals surface area contributed by atoms with Gasteiger partial charge in [-0.2, -0.15) is 0 Å². The third kappa shape index (κ3) is 8.70. The quantitative estimate of drug-likeness (QED) is 0.147. The third-order valence-corrected chi connectivity index (χ3v) is 13.5. The van der Waals surface area contributed by atoms with E-state index >= 15 is 0 Å². The van der Waals surface area contributed by atoms with Crippen molar-refractivity contribution in [1.82, 2.24) is 5.32 Å². The van der Waals surface area contributed by atoms with Crippen molar-refractivity contribution in [2.75, 3.05) is 6.61 Å². The van der Waals surface area contributed by atoms with Crippen molar-refractivity contribution in [3.63, 3.8) is 0 Å². The molecule has 0 radical (unpaired) electrons. The zero-order valence-corrected chi connectivity index (χ0v) is 25.4. The first-order chi connectivity index (χ1) is 18.7. The van der Waals surface area contributed by atoms with Gasteiger partial charge in [-0.1, -0.05) is 102 Å². The van der Waals surface area contributed by atoms with E-state index in [-0.39, 0.29) is 6.04 Å². The Hall–Kier alpha value is -3.09. The first-order valence-corrected chi connectivity index (χ1v) is 16.2. The fourth-order valence-corrected chi connectivity index (χ4v) is 11.2. The Balaban J connectivity index is 1.81. The highest BCUT2D eigenvalue weighted by Crippen LogP contribution is 2.42. The van der Waals surface area contributed by atoms with Crippen LogP contribution in [0.2, 0.25) is 16.6 Å². The van der Waals surface area contributed by atoms with E-state index < -0.39 is 8.32 Å². The van der Waals surface area contributed by atoms with E-state index in [2.05, 4.69) is 46.9 Å². The molecule has 0 aliphatic rings. The Morgan fingerprint density at radius 2 is 1.15 bits per heavy atom. The lowest BCUT2D eigenvalue weighted by Crippen LogP contribution is -2.50. The molecule has 1 atom stereocenters. The van der Waals surface area contributed by atoms with Crippen LogP contribution in [0.1, 0.15) is 58.2 Å². The number of amides is 1. The van der Waals surface area contributed by atoms with Crippen LogP contribution in [-0.2, 0) is 28.9 Å². The van der Waals surface area contributed by atoms with Crippen molar-refractivity contribution in [1.29, 1.82) is 0 Å². The van der Waals surface area contributed by atoms with Gasteiger partial charge < -0.3 is 19.2 Å². The average molecular weight is 548 g/mol. The fraction of sp³-hybridized carbons (Fsp3) is 0.424. The molecule has 0 aliphatic carbocycles. The SMILES string of the molecule is CC(C)[Si](OC[C@H](Cc1cc(OCc2ccccc2)cc(OCc2ccccc2)c1)NC=O)(C(C)C)C(C)C. The maximum Gasteiger partial charge on any atom is 0.207 e. The van der Waals surface area contributed by atoms with E-state index in [9.17, 15) is 4.79 Å². The second kappa shape index (κ2) is 14.9. The van der Waals surface area contributed by atoms with Crippen LogP contribution in [0.15, 0.2) is 78.9 Å². The second-order valence-electron chi connectivity index (χ2n) is 11.2. The number of carbonyl (C=O) groups is 1. The third-order valence-electron chi connectivity index (χ3n) is 7.46. The Kier molecular flexibility index (Phi) is 11.6. The normalized spacial score (nSPS) is 12.5. The smallest absolute Gasteiger partial charge is 0.207 e. The predicted octanol–water partition coefficient (Wildman–Crippen LogP) is 7.69. The van der Waals surface area contributed by atoms with Gasteiger partial charge in [0.15, 0.2) is 8.32 Å². The molecule has 0 aliphatic heterocycles. The first-order valence-electron chi connectivity index (χ1n) is 14.1. The Morgan fingerprint density at radius 3 is 1.56 bits per heavy atom. The molecule has 3 rings (SSSR count). The van der Waals surface area contributed by atoms with Crippen LogP contribution in [-0.4, -0.2) is 27.4 Å². The highest BCUT2D eigenvalue weighted by atomic mass is 28.4. The summed E-state index contributed by atoms with van der Waals surface area (Å²) in [7, 11) is -2.06. The molecular weight excluding hydrogens is 502 g/mol. The number of hydrogen-bond donors (Lipinski definition) is 1. The Bertz CT molecular complexity index is 1050. The van der Waals surface area contributed by atoms with E-state index in [1.807, 2.05) is 78.9 Å². The topological polar surface area (TPSA) is 56.8 Å². The summed E-state index contributed by atoms with van der Waals surface area (Å²) < 4.78 is 19.2. The number of benzene rings is 3. The Labute approximate surface area is 236 Å². The molecule has 0 saturated heterocycles. The first kappa shape index (κ1) is 30.4. The summed E-state index contributed by atoms with van der Waals surface area (Å²) in [5.41, 5.74) is 4.64. The standard InChI is InChI=1S/C33H45NO4Si/c1-25(2)39(26(3)4,27(5)6)38-23-31(34-24-35)17-30-18-32(36-21-28-13-9-7-10-14-28)20-33(19-30)37-22-29-15-11-8-12-16-29/h7-16,18-20,24-27,31H,17,21-23H2,1-6H3,(H,34,35)/t31-/m0/s1. The molecule has 1 amide bonds. The number of ether oxygens (including phenoxy) is 2. The summed E-state index contributed by atoms with van der Waals surface area (Å²) in [5.74, 6) is 1.47. The maximum absolute atomic E-state index is 11.6. The van der Waals surface area contributed by atoms with Crippen LogP contribution in [0.25, 0.3) is 0 Å². The average Bonchev–Trinajstić information content (AvgIpc) is 2.91. The molecule has 0 spiro atoms. The van der Waals surface area contributed by atoms with Crippen molar-refractivity contribution in [3.05, 3.63) is 95.6 Å². The van der Waals surface area contributed by atoms with Crippen molar-refractivity contribution in [2.24, 2.45) is 0 Å². The molecule has 6 heteroatoms. The molecular formula is C33H45NO4Si. The van der Waals surface area contributed by atoms with Crippen LogP contribution in [0.3, 0.4) is 0 Å². The van der Waals surface area contributed by atoms with Gasteiger partial charge in [-0.05, 0) is 51.9 Å². The van der Waals surface area contributed by atoms with Gasteiger partial charge in [0.1, 0.15) is 24.7 Å². The molecule has 39 heavy (non-hydrogen) atoms. The number of carbonyl (C=O) groups excluding carboxylic acids is 1. The van der Waals surface area contributed by atoms with Gasteiger partial charge in [0, 0.05) is 6.07 Å². The Morgan fingerprint density at radius 1 is 0.692 bits per heavy atom. The van der Waals surface area contributed by atoms with Crippen molar-refractivity contribution >= 4 is 14.7 Å². The number of nitrogens with one attached hydrogen (secondary N) is 1. The highest BCUT2D eigenvalue weighted by molar-refractivity contribution is 6.77. The van der Waals surface area contributed by atoms with Gasteiger partial charge in [-0.3, -0.25) is 4.79 Å². The van der Waals surface area contributed by atoms with Gasteiger partial charge in [-0.25, -0.2) is 0 Å². The molecule has 1 N–H and O–H groups in total. The predicted molar refractivity (Wildman–Crippen MR) is 162 cm³/mol. The largest absolute Gasteiger partial charge is 0.489 e. The second-order valence-corrected chi connectivity index (χ2v) is 16.6. The molecule has 3 aromatic carbocycles. The van der Waals surface area contributed by atoms with E-state index in [1.165, 1.54) is 0 Å². The number of rotatable bonds is 16. The summed E-state index contributed by atoms with van der Waals surface area (Å²) >= 11 is 0. The molecule has 0 fully saturated rings. The van der Waals surface area contributed by atoms with Gasteiger partial charge >= 0.3 is 0 Å². The molecule has 0 heterocycles. The molecule has 3 aromatic rings. The molecule has 0 saturated carbocycles. The number of hydrogen-bond acceptors (Lipinski definition) is 4. The zero-order chi connectivity index (χ0) is 28.3. The fourth-order valence-electron chi connectivity index (χ4n) is 5.69. The zero-order valence-electron chi connectivity index (χ0n) is 24.4. The van der Waals surface area contributed by atoms with Crippen LogP contribution in [0, 0.1) is 0 Å². The van der Waals surface area contributed by atoms with E-state index in [1.54, 1.807) is 0 Å².